The molecule has 8 nitrogen and oxygen atoms in total. The number of amides is 3. The minimum atomic E-state index is -0.992. The SMILES string of the molecule is COc1ccc([C@@H](C(=O)NC2CCCCC2)N(C(=O)CCCC(=O)Nc2ccccn2)c2ccc(F)cc2)cc1. The van der Waals surface area contributed by atoms with E-state index < -0.39 is 11.9 Å². The third-order valence-corrected chi connectivity index (χ3v) is 6.99. The van der Waals surface area contributed by atoms with Gasteiger partial charge in [-0.1, -0.05) is 37.5 Å². The number of hydrogen-bond acceptors (Lipinski definition) is 5. The Morgan fingerprint density at radius 2 is 1.70 bits per heavy atom. The van der Waals surface area contributed by atoms with Crippen molar-refractivity contribution in [2.24, 2.45) is 0 Å². The van der Waals surface area contributed by atoms with Gasteiger partial charge in [-0.15, -0.1) is 0 Å². The van der Waals surface area contributed by atoms with Gasteiger partial charge in [0.05, 0.1) is 7.11 Å². The second kappa shape index (κ2) is 14.2. The minimum Gasteiger partial charge on any atom is -0.497 e. The summed E-state index contributed by atoms with van der Waals surface area (Å²) in [6, 6.07) is 16.8. The van der Waals surface area contributed by atoms with Gasteiger partial charge >= 0.3 is 0 Å². The van der Waals surface area contributed by atoms with Crippen LogP contribution in [0.3, 0.4) is 0 Å². The zero-order valence-electron chi connectivity index (χ0n) is 22.6. The Bertz CT molecular complexity index is 1260. The number of carbonyl (C=O) groups excluding carboxylic acids is 3. The molecule has 2 aromatic carbocycles. The van der Waals surface area contributed by atoms with Gasteiger partial charge in [0.15, 0.2) is 0 Å². The first-order chi connectivity index (χ1) is 19.4. The van der Waals surface area contributed by atoms with Crippen molar-refractivity contribution in [1.29, 1.82) is 0 Å². The second-order valence-corrected chi connectivity index (χ2v) is 9.88. The summed E-state index contributed by atoms with van der Waals surface area (Å²) in [5.74, 6) is -0.310. The molecule has 3 aromatic rings. The normalized spacial score (nSPS) is 14.2. The zero-order chi connectivity index (χ0) is 28.3. The molecule has 1 aromatic heterocycles. The highest BCUT2D eigenvalue weighted by atomic mass is 19.1. The van der Waals surface area contributed by atoms with Crippen LogP contribution >= 0.6 is 0 Å². The predicted molar refractivity (Wildman–Crippen MR) is 151 cm³/mol. The number of hydrogen-bond donors (Lipinski definition) is 2. The molecule has 1 aliphatic carbocycles. The number of ether oxygens (including phenoxy) is 1. The van der Waals surface area contributed by atoms with Crippen molar-refractivity contribution in [1.82, 2.24) is 10.3 Å². The molecule has 0 bridgehead atoms. The van der Waals surface area contributed by atoms with E-state index in [2.05, 4.69) is 15.6 Å². The lowest BCUT2D eigenvalue weighted by atomic mass is 9.94. The number of methoxy groups -OCH3 is 1. The van der Waals surface area contributed by atoms with Crippen molar-refractivity contribution >= 4 is 29.2 Å². The number of carbonyl (C=O) groups is 3. The monoisotopic (exact) mass is 546 g/mol. The van der Waals surface area contributed by atoms with Crippen LogP contribution < -0.4 is 20.3 Å². The molecule has 0 spiro atoms. The van der Waals surface area contributed by atoms with E-state index in [4.69, 9.17) is 4.74 Å². The van der Waals surface area contributed by atoms with Crippen molar-refractivity contribution in [3.63, 3.8) is 0 Å². The van der Waals surface area contributed by atoms with E-state index in [1.807, 2.05) is 0 Å². The lowest BCUT2D eigenvalue weighted by Crippen LogP contribution is -2.47. The van der Waals surface area contributed by atoms with Gasteiger partial charge in [0.25, 0.3) is 0 Å². The molecule has 0 radical (unpaired) electrons. The molecule has 0 aliphatic heterocycles. The van der Waals surface area contributed by atoms with E-state index in [0.29, 0.717) is 22.8 Å². The number of rotatable bonds is 11. The topological polar surface area (TPSA) is 101 Å². The van der Waals surface area contributed by atoms with E-state index in [1.54, 1.807) is 55.8 Å². The van der Waals surface area contributed by atoms with Gasteiger partial charge < -0.3 is 15.4 Å². The smallest absolute Gasteiger partial charge is 0.248 e. The maximum Gasteiger partial charge on any atom is 0.248 e. The minimum absolute atomic E-state index is 0.0103. The van der Waals surface area contributed by atoms with Gasteiger partial charge in [-0.25, -0.2) is 9.37 Å². The average Bonchev–Trinajstić information content (AvgIpc) is 2.97. The van der Waals surface area contributed by atoms with E-state index in [9.17, 15) is 18.8 Å². The summed E-state index contributed by atoms with van der Waals surface area (Å²) in [7, 11) is 1.56. The molecule has 0 unspecified atom stereocenters. The Labute approximate surface area is 233 Å². The predicted octanol–water partition coefficient (Wildman–Crippen LogP) is 5.56. The van der Waals surface area contributed by atoms with Crippen LogP contribution in [-0.4, -0.2) is 35.9 Å². The van der Waals surface area contributed by atoms with Crippen LogP contribution in [0.4, 0.5) is 15.9 Å². The van der Waals surface area contributed by atoms with Gasteiger partial charge in [-0.3, -0.25) is 19.3 Å². The van der Waals surface area contributed by atoms with Crippen LogP contribution in [-0.2, 0) is 14.4 Å². The third kappa shape index (κ3) is 7.88. The van der Waals surface area contributed by atoms with Gasteiger partial charge in [0, 0.05) is 30.8 Å². The standard InChI is InChI=1S/C31H35FN4O4/c1-40-26-19-13-22(14-20-26)30(31(39)34-24-8-3-2-4-9-24)36(25-17-15-23(32)16-18-25)29(38)12-7-11-28(37)35-27-10-5-6-21-33-27/h5-6,10,13-21,24,30H,2-4,7-9,11-12H2,1H3,(H,34,39)(H,33,35,37)/t30-/m0/s1. The highest BCUT2D eigenvalue weighted by Crippen LogP contribution is 2.31. The summed E-state index contributed by atoms with van der Waals surface area (Å²) in [4.78, 5) is 45.6. The van der Waals surface area contributed by atoms with Gasteiger partial charge in [-0.2, -0.15) is 0 Å². The number of nitrogens with zero attached hydrogens (tertiary/aromatic N) is 2. The fourth-order valence-electron chi connectivity index (χ4n) is 4.93. The molecule has 2 N–H and O–H groups in total. The maximum atomic E-state index is 13.9. The van der Waals surface area contributed by atoms with Crippen LogP contribution in [0.2, 0.25) is 0 Å². The van der Waals surface area contributed by atoms with Gasteiger partial charge in [0.2, 0.25) is 17.7 Å². The van der Waals surface area contributed by atoms with E-state index in [1.165, 1.54) is 29.2 Å². The quantitative estimate of drug-likeness (QED) is 0.328. The molecule has 9 heteroatoms. The van der Waals surface area contributed by atoms with Gasteiger partial charge in [-0.05, 0) is 73.4 Å². The Hall–Kier alpha value is -4.27. The van der Waals surface area contributed by atoms with E-state index >= 15 is 0 Å². The van der Waals surface area contributed by atoms with Crippen molar-refractivity contribution in [3.05, 3.63) is 84.3 Å². The first-order valence-electron chi connectivity index (χ1n) is 13.7. The summed E-state index contributed by atoms with van der Waals surface area (Å²) in [5, 5.41) is 5.87. The summed E-state index contributed by atoms with van der Waals surface area (Å²) in [6.07, 6.45) is 6.94. The van der Waals surface area contributed by atoms with Crippen LogP contribution in [0.5, 0.6) is 5.75 Å². The number of pyridine rings is 1. The molecule has 210 valence electrons. The Balaban J connectivity index is 1.58. The molecule has 1 aliphatic rings. The number of nitrogens with one attached hydrogen (secondary N) is 2. The largest absolute Gasteiger partial charge is 0.497 e. The fourth-order valence-corrected chi connectivity index (χ4v) is 4.93. The van der Waals surface area contributed by atoms with Crippen molar-refractivity contribution < 1.29 is 23.5 Å². The van der Waals surface area contributed by atoms with Crippen LogP contribution in [0.25, 0.3) is 0 Å². The highest BCUT2D eigenvalue weighted by Gasteiger charge is 2.34. The summed E-state index contributed by atoms with van der Waals surface area (Å²) < 4.78 is 19.1. The molecule has 4 rings (SSSR count). The highest BCUT2D eigenvalue weighted by molar-refractivity contribution is 6.01. The summed E-state index contributed by atoms with van der Waals surface area (Å²) in [6.45, 7) is 0. The Morgan fingerprint density at radius 3 is 2.35 bits per heavy atom. The molecule has 1 saturated carbocycles. The van der Waals surface area contributed by atoms with Crippen LogP contribution in [0, 0.1) is 5.82 Å². The molecule has 1 fully saturated rings. The molecular formula is C31H35FN4O4. The average molecular weight is 547 g/mol. The van der Waals surface area contributed by atoms with Crippen molar-refractivity contribution in [2.45, 2.75) is 63.5 Å². The fraction of sp³-hybridized carbons (Fsp3) is 0.355. The Kier molecular flexibility index (Phi) is 10.2. The molecule has 0 saturated heterocycles. The maximum absolute atomic E-state index is 13.9. The second-order valence-electron chi connectivity index (χ2n) is 9.88. The van der Waals surface area contributed by atoms with Gasteiger partial charge in [0.1, 0.15) is 23.4 Å². The molecule has 40 heavy (non-hydrogen) atoms. The first-order valence-corrected chi connectivity index (χ1v) is 13.7. The molecular weight excluding hydrogens is 511 g/mol. The third-order valence-electron chi connectivity index (χ3n) is 6.99. The summed E-state index contributed by atoms with van der Waals surface area (Å²) in [5.41, 5.74) is 0.989. The lowest BCUT2D eigenvalue weighted by molar-refractivity contribution is -0.127. The lowest BCUT2D eigenvalue weighted by Gasteiger charge is -2.33. The molecule has 1 atom stereocenters. The zero-order valence-corrected chi connectivity index (χ0v) is 22.6. The van der Waals surface area contributed by atoms with E-state index in [-0.39, 0.29) is 43.0 Å². The number of aromatic nitrogens is 1. The van der Waals surface area contributed by atoms with E-state index in [0.717, 1.165) is 32.1 Å². The molecule has 1 heterocycles. The first kappa shape index (κ1) is 28.7. The van der Waals surface area contributed by atoms with Crippen molar-refractivity contribution in [2.75, 3.05) is 17.3 Å². The van der Waals surface area contributed by atoms with Crippen LogP contribution in [0.1, 0.15) is 63.0 Å². The number of anilines is 2. The van der Waals surface area contributed by atoms with Crippen LogP contribution in [0.15, 0.2) is 72.9 Å². The molecule has 3 amide bonds. The number of benzene rings is 2. The number of halogens is 1. The summed E-state index contributed by atoms with van der Waals surface area (Å²) >= 11 is 0. The van der Waals surface area contributed by atoms with Crippen molar-refractivity contribution in [3.8, 4) is 5.75 Å². The Morgan fingerprint density at radius 1 is 0.975 bits per heavy atom.